The second kappa shape index (κ2) is 5.47. The minimum absolute atomic E-state index is 0.411. The Morgan fingerprint density at radius 2 is 1.70 bits per heavy atom. The van der Waals surface area contributed by atoms with Gasteiger partial charge in [0, 0.05) is 5.56 Å². The van der Waals surface area contributed by atoms with Crippen LogP contribution in [0.5, 0.6) is 0 Å². The number of hydrogen-bond donors (Lipinski definition) is 0. The maximum absolute atomic E-state index is 6.36. The van der Waals surface area contributed by atoms with E-state index in [9.17, 15) is 0 Å². The molecule has 1 aromatic heterocycles. The number of rotatable bonds is 3. The fourth-order valence-electron chi connectivity index (χ4n) is 1.92. The Balaban J connectivity index is 1.89. The van der Waals surface area contributed by atoms with Gasteiger partial charge in [-0.2, -0.15) is 4.98 Å². The Bertz CT molecular complexity index is 692. The summed E-state index contributed by atoms with van der Waals surface area (Å²) >= 11 is 6.36. The highest BCUT2D eigenvalue weighted by molar-refractivity contribution is 6.22. The van der Waals surface area contributed by atoms with Gasteiger partial charge in [0.1, 0.15) is 5.38 Å². The molecule has 2 aromatic carbocycles. The summed E-state index contributed by atoms with van der Waals surface area (Å²) in [5.41, 5.74) is 3.05. The third-order valence-corrected chi connectivity index (χ3v) is 3.50. The molecular formula is C16H13ClN2O. The van der Waals surface area contributed by atoms with Crippen LogP contribution in [-0.4, -0.2) is 10.1 Å². The van der Waals surface area contributed by atoms with Gasteiger partial charge in [-0.15, -0.1) is 11.6 Å². The highest BCUT2D eigenvalue weighted by atomic mass is 35.5. The number of nitrogens with zero attached hydrogens (tertiary/aromatic N) is 2. The molecule has 0 bridgehead atoms. The molecule has 0 amide bonds. The first-order valence-corrected chi connectivity index (χ1v) is 6.77. The van der Waals surface area contributed by atoms with E-state index >= 15 is 0 Å². The fourth-order valence-corrected chi connectivity index (χ4v) is 2.16. The van der Waals surface area contributed by atoms with Crippen molar-refractivity contribution in [3.63, 3.8) is 0 Å². The molecule has 0 aliphatic heterocycles. The molecule has 0 fully saturated rings. The van der Waals surface area contributed by atoms with E-state index in [0.717, 1.165) is 11.1 Å². The van der Waals surface area contributed by atoms with Gasteiger partial charge < -0.3 is 4.52 Å². The molecule has 3 aromatic rings. The number of benzene rings is 2. The van der Waals surface area contributed by atoms with Crippen molar-refractivity contribution in [2.75, 3.05) is 0 Å². The van der Waals surface area contributed by atoms with Crippen LogP contribution in [0.4, 0.5) is 0 Å². The molecular weight excluding hydrogens is 272 g/mol. The first-order chi connectivity index (χ1) is 9.74. The van der Waals surface area contributed by atoms with Crippen molar-refractivity contribution < 1.29 is 4.52 Å². The van der Waals surface area contributed by atoms with E-state index in [1.807, 2.05) is 61.5 Å². The summed E-state index contributed by atoms with van der Waals surface area (Å²) in [7, 11) is 0. The van der Waals surface area contributed by atoms with E-state index in [1.165, 1.54) is 5.56 Å². The van der Waals surface area contributed by atoms with Gasteiger partial charge in [0.15, 0.2) is 0 Å². The van der Waals surface area contributed by atoms with Crippen molar-refractivity contribution in [2.45, 2.75) is 12.3 Å². The quantitative estimate of drug-likeness (QED) is 0.670. The Hall–Kier alpha value is -2.13. The predicted octanol–water partition coefficient (Wildman–Crippen LogP) is 4.37. The molecule has 20 heavy (non-hydrogen) atoms. The van der Waals surface area contributed by atoms with Crippen molar-refractivity contribution in [3.8, 4) is 11.4 Å². The monoisotopic (exact) mass is 284 g/mol. The molecule has 0 aliphatic carbocycles. The Labute approximate surface area is 122 Å². The largest absolute Gasteiger partial charge is 0.337 e. The van der Waals surface area contributed by atoms with Crippen molar-refractivity contribution in [3.05, 3.63) is 71.6 Å². The summed E-state index contributed by atoms with van der Waals surface area (Å²) in [4.78, 5) is 4.38. The molecule has 100 valence electrons. The number of halogens is 1. The summed E-state index contributed by atoms with van der Waals surface area (Å²) in [6, 6.07) is 17.6. The zero-order valence-electron chi connectivity index (χ0n) is 11.0. The van der Waals surface area contributed by atoms with Gasteiger partial charge in [-0.25, -0.2) is 0 Å². The van der Waals surface area contributed by atoms with Gasteiger partial charge in [-0.05, 0) is 12.5 Å². The van der Waals surface area contributed by atoms with Crippen molar-refractivity contribution >= 4 is 11.6 Å². The lowest BCUT2D eigenvalue weighted by atomic mass is 10.1. The lowest BCUT2D eigenvalue weighted by molar-refractivity contribution is 0.383. The lowest BCUT2D eigenvalue weighted by Crippen LogP contribution is -1.93. The van der Waals surface area contributed by atoms with Crippen LogP contribution in [0.3, 0.4) is 0 Å². The van der Waals surface area contributed by atoms with Crippen LogP contribution in [0.15, 0.2) is 59.1 Å². The number of hydrogen-bond acceptors (Lipinski definition) is 3. The fraction of sp³-hybridized carbons (Fsp3) is 0.125. The van der Waals surface area contributed by atoms with Crippen LogP contribution in [-0.2, 0) is 0 Å². The van der Waals surface area contributed by atoms with Gasteiger partial charge in [-0.3, -0.25) is 0 Å². The minimum atomic E-state index is -0.428. The summed E-state index contributed by atoms with van der Waals surface area (Å²) in [6.07, 6.45) is 0. The first-order valence-electron chi connectivity index (χ1n) is 6.34. The van der Waals surface area contributed by atoms with Crippen LogP contribution < -0.4 is 0 Å². The SMILES string of the molecule is Cc1ccc(-c2noc(C(Cl)c3ccccc3)n2)cc1. The molecule has 0 aliphatic rings. The predicted molar refractivity (Wildman–Crippen MR) is 78.6 cm³/mol. The molecule has 0 spiro atoms. The topological polar surface area (TPSA) is 38.9 Å². The normalized spacial score (nSPS) is 12.3. The maximum Gasteiger partial charge on any atom is 0.249 e. The van der Waals surface area contributed by atoms with Crippen molar-refractivity contribution in [1.82, 2.24) is 10.1 Å². The number of aryl methyl sites for hydroxylation is 1. The molecule has 3 rings (SSSR count). The van der Waals surface area contributed by atoms with Crippen molar-refractivity contribution in [1.29, 1.82) is 0 Å². The van der Waals surface area contributed by atoms with Crippen LogP contribution >= 0.6 is 11.6 Å². The Kier molecular flexibility index (Phi) is 3.52. The number of alkyl halides is 1. The lowest BCUT2D eigenvalue weighted by Gasteiger charge is -2.03. The maximum atomic E-state index is 6.36. The minimum Gasteiger partial charge on any atom is -0.337 e. The zero-order chi connectivity index (χ0) is 13.9. The van der Waals surface area contributed by atoms with E-state index in [1.54, 1.807) is 0 Å². The Morgan fingerprint density at radius 3 is 2.40 bits per heavy atom. The highest BCUT2D eigenvalue weighted by Crippen LogP contribution is 2.28. The average Bonchev–Trinajstić information content (AvgIpc) is 2.98. The summed E-state index contributed by atoms with van der Waals surface area (Å²) in [5.74, 6) is 0.968. The smallest absolute Gasteiger partial charge is 0.249 e. The molecule has 0 radical (unpaired) electrons. The highest BCUT2D eigenvalue weighted by Gasteiger charge is 2.18. The molecule has 1 unspecified atom stereocenters. The average molecular weight is 285 g/mol. The third-order valence-electron chi connectivity index (χ3n) is 3.06. The molecule has 1 heterocycles. The van der Waals surface area contributed by atoms with Crippen LogP contribution in [0.2, 0.25) is 0 Å². The Morgan fingerprint density at radius 1 is 1.00 bits per heavy atom. The van der Waals surface area contributed by atoms with Gasteiger partial charge in [0.25, 0.3) is 0 Å². The van der Waals surface area contributed by atoms with Gasteiger partial charge >= 0.3 is 0 Å². The molecule has 3 nitrogen and oxygen atoms in total. The van der Waals surface area contributed by atoms with Crippen LogP contribution in [0.1, 0.15) is 22.4 Å². The van der Waals surface area contributed by atoms with E-state index < -0.39 is 5.38 Å². The van der Waals surface area contributed by atoms with Gasteiger partial charge in [-0.1, -0.05) is 65.3 Å². The molecule has 4 heteroatoms. The second-order valence-electron chi connectivity index (χ2n) is 4.60. The van der Waals surface area contributed by atoms with E-state index in [-0.39, 0.29) is 0 Å². The molecule has 0 saturated heterocycles. The summed E-state index contributed by atoms with van der Waals surface area (Å²) < 4.78 is 5.27. The van der Waals surface area contributed by atoms with E-state index in [4.69, 9.17) is 16.1 Å². The third kappa shape index (κ3) is 2.58. The van der Waals surface area contributed by atoms with E-state index in [2.05, 4.69) is 10.1 Å². The summed E-state index contributed by atoms with van der Waals surface area (Å²) in [5, 5.41) is 3.56. The first kappa shape index (κ1) is 12.9. The standard InChI is InChI=1S/C16H13ClN2O/c1-11-7-9-13(10-8-11)15-18-16(20-19-15)14(17)12-5-3-2-4-6-12/h2-10,14H,1H3. The van der Waals surface area contributed by atoms with Crippen LogP contribution in [0.25, 0.3) is 11.4 Å². The molecule has 0 saturated carbocycles. The summed E-state index contributed by atoms with van der Waals surface area (Å²) in [6.45, 7) is 2.04. The second-order valence-corrected chi connectivity index (χ2v) is 5.03. The number of aromatic nitrogens is 2. The molecule has 0 N–H and O–H groups in total. The van der Waals surface area contributed by atoms with Gasteiger partial charge in [0.05, 0.1) is 0 Å². The molecule has 1 atom stereocenters. The van der Waals surface area contributed by atoms with E-state index in [0.29, 0.717) is 11.7 Å². The van der Waals surface area contributed by atoms with Crippen molar-refractivity contribution in [2.24, 2.45) is 0 Å². The van der Waals surface area contributed by atoms with Crippen LogP contribution in [0, 0.1) is 6.92 Å². The van der Waals surface area contributed by atoms with Gasteiger partial charge in [0.2, 0.25) is 11.7 Å². The zero-order valence-corrected chi connectivity index (χ0v) is 11.7.